The van der Waals surface area contributed by atoms with Gasteiger partial charge >= 0.3 is 0 Å². The first-order valence-electron chi connectivity index (χ1n) is 14.3. The number of carbonyl (C=O) groups is 1. The van der Waals surface area contributed by atoms with Crippen molar-refractivity contribution in [2.24, 2.45) is 0 Å². The highest BCUT2D eigenvalue weighted by Crippen LogP contribution is 2.25. The largest absolute Gasteiger partial charge is 0.490 e. The summed E-state index contributed by atoms with van der Waals surface area (Å²) in [7, 11) is 0. The van der Waals surface area contributed by atoms with E-state index in [-0.39, 0.29) is 17.2 Å². The zero-order chi connectivity index (χ0) is 27.0. The Bertz CT molecular complexity index is 1110. The van der Waals surface area contributed by atoms with E-state index in [0.29, 0.717) is 12.3 Å². The molecule has 0 saturated heterocycles. The van der Waals surface area contributed by atoms with E-state index in [4.69, 9.17) is 4.74 Å². The zero-order valence-corrected chi connectivity index (χ0v) is 24.0. The molecule has 0 fully saturated rings. The molecule has 6 heteroatoms. The molecule has 0 spiro atoms. The minimum Gasteiger partial charge on any atom is -0.490 e. The first-order chi connectivity index (χ1) is 18.6. The molecule has 0 radical (unpaired) electrons. The van der Waals surface area contributed by atoms with Crippen molar-refractivity contribution in [3.8, 4) is 5.75 Å². The van der Waals surface area contributed by atoms with E-state index in [0.717, 1.165) is 24.9 Å². The number of para-hydroxylation sites is 1. The summed E-state index contributed by atoms with van der Waals surface area (Å²) in [5.74, 6) is -0.839. The molecule has 0 aliphatic rings. The number of aryl methyl sites for hydroxylation is 1. The van der Waals surface area contributed by atoms with Crippen LogP contribution in [-0.2, 0) is 6.54 Å². The predicted octanol–water partition coefficient (Wildman–Crippen LogP) is 8.86. The van der Waals surface area contributed by atoms with E-state index in [1.54, 1.807) is 23.5 Å². The average Bonchev–Trinajstić information content (AvgIpc) is 3.31. The van der Waals surface area contributed by atoms with Gasteiger partial charge in [-0.05, 0) is 30.7 Å². The number of nitrogens with zero attached hydrogens (tertiary/aromatic N) is 1. The SMILES string of the molecule is CCCCCCCCCCCCCCOc1c(F)cccc1C(=O)Nc1cccc(C[n+]2cscc2C)c1. The van der Waals surface area contributed by atoms with E-state index in [2.05, 4.69) is 34.6 Å². The number of carbonyl (C=O) groups excluding carboxylic acids is 1. The number of thiazole rings is 1. The number of hydrogen-bond donors (Lipinski definition) is 1. The van der Waals surface area contributed by atoms with Crippen LogP contribution < -0.4 is 14.6 Å². The highest BCUT2D eigenvalue weighted by molar-refractivity contribution is 7.07. The van der Waals surface area contributed by atoms with Gasteiger partial charge in [0.25, 0.3) is 5.91 Å². The van der Waals surface area contributed by atoms with Gasteiger partial charge in [0, 0.05) is 18.2 Å². The number of halogens is 1. The molecule has 206 valence electrons. The summed E-state index contributed by atoms with van der Waals surface area (Å²) < 4.78 is 22.6. The van der Waals surface area contributed by atoms with Gasteiger partial charge < -0.3 is 10.1 Å². The molecule has 1 aromatic heterocycles. The van der Waals surface area contributed by atoms with Gasteiger partial charge in [-0.25, -0.2) is 4.39 Å². The molecule has 3 aromatic rings. The molecule has 0 bridgehead atoms. The number of hydrogen-bond acceptors (Lipinski definition) is 3. The van der Waals surface area contributed by atoms with Crippen LogP contribution in [0.1, 0.15) is 106 Å². The normalized spacial score (nSPS) is 11.0. The van der Waals surface area contributed by atoms with E-state index >= 15 is 0 Å². The topological polar surface area (TPSA) is 42.2 Å². The fourth-order valence-electron chi connectivity index (χ4n) is 4.61. The van der Waals surface area contributed by atoms with Crippen molar-refractivity contribution in [3.05, 3.63) is 76.0 Å². The Kier molecular flexibility index (Phi) is 13.3. The molecule has 0 aliphatic carbocycles. The molecular formula is C32H44FN2O2S+. The highest BCUT2D eigenvalue weighted by Gasteiger charge is 2.17. The third-order valence-corrected chi connectivity index (χ3v) is 7.73. The number of nitrogens with one attached hydrogen (secondary N) is 1. The van der Waals surface area contributed by atoms with Gasteiger partial charge in [-0.2, -0.15) is 4.57 Å². The monoisotopic (exact) mass is 539 g/mol. The molecule has 3 rings (SSSR count). The predicted molar refractivity (Wildman–Crippen MR) is 156 cm³/mol. The molecule has 1 amide bonds. The van der Waals surface area contributed by atoms with Crippen molar-refractivity contribution in [1.29, 1.82) is 0 Å². The molecule has 38 heavy (non-hydrogen) atoms. The number of rotatable bonds is 18. The molecule has 1 N–H and O–H groups in total. The Balaban J connectivity index is 1.41. The van der Waals surface area contributed by atoms with Crippen LogP contribution in [0.25, 0.3) is 0 Å². The smallest absolute Gasteiger partial charge is 0.259 e. The van der Waals surface area contributed by atoms with Gasteiger partial charge in [0.2, 0.25) is 5.51 Å². The summed E-state index contributed by atoms with van der Waals surface area (Å²) in [6, 6.07) is 12.3. The van der Waals surface area contributed by atoms with Gasteiger partial charge in [-0.1, -0.05) is 107 Å². The van der Waals surface area contributed by atoms with Crippen molar-refractivity contribution in [2.75, 3.05) is 11.9 Å². The maximum Gasteiger partial charge on any atom is 0.259 e. The second kappa shape index (κ2) is 17.0. The van der Waals surface area contributed by atoms with E-state index in [9.17, 15) is 9.18 Å². The zero-order valence-electron chi connectivity index (χ0n) is 23.1. The number of ether oxygens (including phenoxy) is 1. The molecule has 2 aromatic carbocycles. The van der Waals surface area contributed by atoms with Crippen LogP contribution in [0.15, 0.2) is 53.4 Å². The fourth-order valence-corrected chi connectivity index (χ4v) is 5.39. The maximum absolute atomic E-state index is 14.6. The van der Waals surface area contributed by atoms with Crippen LogP contribution in [0.2, 0.25) is 0 Å². The van der Waals surface area contributed by atoms with Crippen molar-refractivity contribution in [2.45, 2.75) is 97.4 Å². The molecular weight excluding hydrogens is 495 g/mol. The van der Waals surface area contributed by atoms with Crippen LogP contribution in [0.5, 0.6) is 5.75 Å². The molecule has 0 unspecified atom stereocenters. The summed E-state index contributed by atoms with van der Waals surface area (Å²) in [6.07, 6.45) is 15.1. The van der Waals surface area contributed by atoms with Crippen LogP contribution in [0.4, 0.5) is 10.1 Å². The van der Waals surface area contributed by atoms with Gasteiger partial charge in [0.15, 0.2) is 23.8 Å². The summed E-state index contributed by atoms with van der Waals surface area (Å²) >= 11 is 1.66. The lowest BCUT2D eigenvalue weighted by Gasteiger charge is -2.13. The summed E-state index contributed by atoms with van der Waals surface area (Å²) in [5.41, 5.74) is 5.25. The summed E-state index contributed by atoms with van der Waals surface area (Å²) in [5, 5.41) is 5.02. The van der Waals surface area contributed by atoms with Crippen molar-refractivity contribution < 1.29 is 18.5 Å². The Morgan fingerprint density at radius 1 is 0.921 bits per heavy atom. The van der Waals surface area contributed by atoms with Gasteiger partial charge in [-0.15, -0.1) is 0 Å². The Morgan fingerprint density at radius 3 is 2.24 bits per heavy atom. The number of aromatic nitrogens is 1. The Labute approximate surface area is 232 Å². The molecule has 0 aliphatic heterocycles. The minimum atomic E-state index is -0.505. The van der Waals surface area contributed by atoms with E-state index in [1.165, 1.54) is 76.0 Å². The van der Waals surface area contributed by atoms with Crippen LogP contribution >= 0.6 is 11.3 Å². The number of unbranched alkanes of at least 4 members (excludes halogenated alkanes) is 11. The molecule has 4 nitrogen and oxygen atoms in total. The molecule has 1 heterocycles. The number of amides is 1. The second-order valence-electron chi connectivity index (χ2n) is 10.1. The van der Waals surface area contributed by atoms with Gasteiger partial charge in [0.1, 0.15) is 0 Å². The summed E-state index contributed by atoms with van der Waals surface area (Å²) in [6.45, 7) is 5.47. The molecule has 0 saturated carbocycles. The Morgan fingerprint density at radius 2 is 1.58 bits per heavy atom. The third kappa shape index (κ3) is 10.2. The number of anilines is 1. The van der Waals surface area contributed by atoms with Crippen molar-refractivity contribution in [1.82, 2.24) is 0 Å². The molecule has 0 atom stereocenters. The Hall–Kier alpha value is -2.73. The van der Waals surface area contributed by atoms with Crippen molar-refractivity contribution in [3.63, 3.8) is 0 Å². The van der Waals surface area contributed by atoms with Crippen LogP contribution in [0, 0.1) is 12.7 Å². The van der Waals surface area contributed by atoms with Gasteiger partial charge in [-0.3, -0.25) is 4.79 Å². The fraction of sp³-hybridized carbons (Fsp3) is 0.500. The summed E-state index contributed by atoms with van der Waals surface area (Å²) in [4.78, 5) is 13.0. The first-order valence-corrected chi connectivity index (χ1v) is 15.3. The standard InChI is InChI=1S/C32H43FN2O2S/c1-3-4-5-6-7-8-9-10-11-12-13-14-21-37-31-29(19-16-20-30(31)33)32(36)34-28-18-15-17-27(22-28)23-35-25-38-24-26(35)2/h15-20,22,24-25H,3-14,21,23H2,1-2H3/p+1. The minimum absolute atomic E-state index is 0.0358. The van der Waals surface area contributed by atoms with Gasteiger partial charge in [0.05, 0.1) is 17.6 Å². The number of benzene rings is 2. The van der Waals surface area contributed by atoms with Crippen LogP contribution in [0.3, 0.4) is 0 Å². The maximum atomic E-state index is 14.6. The highest BCUT2D eigenvalue weighted by atomic mass is 32.1. The van der Waals surface area contributed by atoms with Crippen LogP contribution in [-0.4, -0.2) is 12.5 Å². The average molecular weight is 540 g/mol. The lowest BCUT2D eigenvalue weighted by atomic mass is 10.1. The quantitative estimate of drug-likeness (QED) is 0.130. The van der Waals surface area contributed by atoms with E-state index in [1.807, 2.05) is 24.3 Å². The van der Waals surface area contributed by atoms with E-state index < -0.39 is 5.82 Å². The first kappa shape index (κ1) is 29.8. The second-order valence-corrected chi connectivity index (χ2v) is 10.9. The lowest BCUT2D eigenvalue weighted by molar-refractivity contribution is -0.689. The van der Waals surface area contributed by atoms with Crippen molar-refractivity contribution >= 4 is 22.9 Å². The third-order valence-electron chi connectivity index (χ3n) is 6.87. The lowest BCUT2D eigenvalue weighted by Crippen LogP contribution is -2.34.